The van der Waals surface area contributed by atoms with Gasteiger partial charge in [0.15, 0.2) is 0 Å². The molecule has 2 aliphatic carbocycles. The summed E-state index contributed by atoms with van der Waals surface area (Å²) in [7, 11) is 0. The van der Waals surface area contributed by atoms with Crippen LogP contribution in [0, 0.1) is 38.1 Å². The number of rotatable bonds is 0. The van der Waals surface area contributed by atoms with Gasteiger partial charge < -0.3 is 0 Å². The molecule has 49 heavy (non-hydrogen) atoms. The maximum absolute atomic E-state index is 5.52. The number of halogens is 3. The third-order valence-electron chi connectivity index (χ3n) is 7.91. The average Bonchev–Trinajstić information content (AvgIpc) is 3.73. The van der Waals surface area contributed by atoms with Gasteiger partial charge in [-0.3, -0.25) is 6.08 Å². The van der Waals surface area contributed by atoms with E-state index in [1.54, 1.807) is 24.3 Å². The maximum atomic E-state index is 5.52. The molecule has 0 N–H and O–H groups in total. The summed E-state index contributed by atoms with van der Waals surface area (Å²) in [6.07, 6.45) is 11.0. The van der Waals surface area contributed by atoms with Crippen LogP contribution in [0.5, 0.6) is 0 Å². The van der Waals surface area contributed by atoms with Crippen LogP contribution in [0.25, 0.3) is 21.9 Å². The van der Waals surface area contributed by atoms with E-state index in [-0.39, 0.29) is 35.6 Å². The topological polar surface area (TPSA) is 0 Å². The van der Waals surface area contributed by atoms with Crippen molar-refractivity contribution in [1.29, 1.82) is 0 Å². The van der Waals surface area contributed by atoms with Gasteiger partial charge in [0.05, 0.1) is 0 Å². The molecule has 0 fully saturated rings. The van der Waals surface area contributed by atoms with Gasteiger partial charge in [-0.25, -0.2) is 12.2 Å². The largest absolute Gasteiger partial charge is 0.147 e. The zero-order chi connectivity index (χ0) is 34.6. The SMILES string of the molecule is Cc1[c-]c2c(cc1C(C)(C)C)-c1cc(C(C)(C)C)c(C)cc1C2.Cl.Cl.Clc1cc[c-]cc1.[C-]1=CC=CC1.[CH2]=[Zr].[c-]1cccc2ccccc12. The van der Waals surface area contributed by atoms with E-state index in [0.29, 0.717) is 0 Å². The van der Waals surface area contributed by atoms with Crippen LogP contribution in [-0.4, -0.2) is 4.21 Å². The van der Waals surface area contributed by atoms with Crippen molar-refractivity contribution in [2.45, 2.75) is 79.1 Å². The number of hydrogen-bond acceptors (Lipinski definition) is 0. The normalized spacial score (nSPS) is 11.7. The fourth-order valence-corrected chi connectivity index (χ4v) is 5.92. The van der Waals surface area contributed by atoms with Crippen LogP contribution in [0.2, 0.25) is 5.02 Å². The molecule has 0 aliphatic heterocycles. The van der Waals surface area contributed by atoms with Crippen molar-refractivity contribution in [2.24, 2.45) is 0 Å². The van der Waals surface area contributed by atoms with Gasteiger partial charge in [0.25, 0.3) is 0 Å². The Morgan fingerprint density at radius 1 is 0.755 bits per heavy atom. The Morgan fingerprint density at radius 3 is 1.88 bits per heavy atom. The van der Waals surface area contributed by atoms with E-state index in [0.717, 1.165) is 17.9 Å². The summed E-state index contributed by atoms with van der Waals surface area (Å²) >= 11 is 6.82. The molecule has 0 aromatic heterocycles. The van der Waals surface area contributed by atoms with E-state index in [1.165, 1.54) is 79.5 Å². The molecular formula is C45H49Cl3Zr-4. The molecule has 0 saturated heterocycles. The first-order chi connectivity index (χ1) is 22.3. The first-order valence-corrected chi connectivity index (χ1v) is 18.2. The molecule has 0 spiro atoms. The minimum Gasteiger partial charge on any atom is -0.147 e. The Bertz CT molecular complexity index is 1660. The second-order valence-corrected chi connectivity index (χ2v) is 14.1. The number of benzene rings is 5. The quantitative estimate of drug-likeness (QED) is 0.135. The second-order valence-electron chi connectivity index (χ2n) is 13.7. The molecule has 0 atom stereocenters. The molecule has 258 valence electrons. The summed E-state index contributed by atoms with van der Waals surface area (Å²) in [4.78, 5) is 0. The van der Waals surface area contributed by atoms with Crippen LogP contribution in [0.15, 0.2) is 103 Å². The van der Waals surface area contributed by atoms with Crippen molar-refractivity contribution in [3.05, 3.63) is 166 Å². The van der Waals surface area contributed by atoms with Crippen LogP contribution in [0.1, 0.15) is 81.3 Å². The second kappa shape index (κ2) is 21.0. The molecule has 0 nitrogen and oxygen atoms in total. The average molecular weight is 787 g/mol. The van der Waals surface area contributed by atoms with Gasteiger partial charge in [0.2, 0.25) is 0 Å². The third-order valence-corrected chi connectivity index (χ3v) is 8.17. The summed E-state index contributed by atoms with van der Waals surface area (Å²) in [6.45, 7) is 18.2. The van der Waals surface area contributed by atoms with Crippen molar-refractivity contribution in [3.63, 3.8) is 0 Å². The Kier molecular flexibility index (Phi) is 19.0. The first-order valence-electron chi connectivity index (χ1n) is 16.1. The molecule has 5 aromatic carbocycles. The number of aryl methyl sites for hydroxylation is 2. The molecule has 0 radical (unpaired) electrons. The van der Waals surface area contributed by atoms with Gasteiger partial charge in [0, 0.05) is 0 Å². The number of hydrogen-bond donors (Lipinski definition) is 0. The van der Waals surface area contributed by atoms with E-state index in [9.17, 15) is 0 Å². The summed E-state index contributed by atoms with van der Waals surface area (Å²) in [5, 5.41) is 3.20. The molecule has 0 heterocycles. The van der Waals surface area contributed by atoms with Crippen LogP contribution in [-0.2, 0) is 41.5 Å². The molecule has 0 unspecified atom stereocenters. The Morgan fingerprint density at radius 2 is 1.37 bits per heavy atom. The van der Waals surface area contributed by atoms with Gasteiger partial charge in [-0.2, -0.15) is 54.1 Å². The third kappa shape index (κ3) is 13.3. The minimum absolute atomic E-state index is 0. The van der Waals surface area contributed by atoms with E-state index in [2.05, 4.69) is 126 Å². The smallest absolute Gasteiger partial charge is 0.0801 e. The Hall–Kier alpha value is -2.54. The summed E-state index contributed by atoms with van der Waals surface area (Å²) < 4.78 is 3.34. The van der Waals surface area contributed by atoms with E-state index in [4.69, 9.17) is 11.6 Å². The van der Waals surface area contributed by atoms with Crippen molar-refractivity contribution in [2.75, 3.05) is 0 Å². The van der Waals surface area contributed by atoms with Crippen LogP contribution < -0.4 is 0 Å². The van der Waals surface area contributed by atoms with Crippen LogP contribution >= 0.6 is 36.4 Å². The van der Waals surface area contributed by atoms with Gasteiger partial charge in [-0.05, 0) is 35.4 Å². The van der Waals surface area contributed by atoms with Crippen molar-refractivity contribution in [1.82, 2.24) is 0 Å². The fourth-order valence-electron chi connectivity index (χ4n) is 5.79. The molecule has 0 bridgehead atoms. The summed E-state index contributed by atoms with van der Waals surface area (Å²) in [5.41, 5.74) is 11.6. The first kappa shape index (κ1) is 44.5. The molecule has 7 rings (SSSR count). The molecular weight excluding hydrogens is 738 g/mol. The van der Waals surface area contributed by atoms with E-state index in [1.807, 2.05) is 36.4 Å². The summed E-state index contributed by atoms with van der Waals surface area (Å²) in [6, 6.07) is 38.3. The van der Waals surface area contributed by atoms with Crippen molar-refractivity contribution >= 4 is 51.4 Å². The van der Waals surface area contributed by atoms with Gasteiger partial charge in [-0.1, -0.05) is 88.7 Å². The molecule has 2 aliphatic rings. The molecule has 0 saturated carbocycles. The Labute approximate surface area is 329 Å². The predicted octanol–water partition coefficient (Wildman–Crippen LogP) is 13.2. The monoisotopic (exact) mass is 784 g/mol. The van der Waals surface area contributed by atoms with E-state index >= 15 is 0 Å². The van der Waals surface area contributed by atoms with Gasteiger partial charge >= 0.3 is 28.4 Å². The van der Waals surface area contributed by atoms with E-state index < -0.39 is 0 Å². The zero-order valence-electron chi connectivity index (χ0n) is 30.1. The summed E-state index contributed by atoms with van der Waals surface area (Å²) in [5.74, 6) is 0. The van der Waals surface area contributed by atoms with Crippen molar-refractivity contribution in [3.8, 4) is 11.1 Å². The molecule has 4 heteroatoms. The van der Waals surface area contributed by atoms with Crippen LogP contribution in [0.4, 0.5) is 0 Å². The number of fused-ring (bicyclic) bond motifs is 4. The van der Waals surface area contributed by atoms with Gasteiger partial charge in [-0.15, -0.1) is 107 Å². The van der Waals surface area contributed by atoms with Crippen molar-refractivity contribution < 1.29 is 24.2 Å². The standard InChI is InChI=1S/C23H29.C10H7.C6H4Cl.C5H5.CH2.2ClH.Zr/c1-14-9-16-11-17-10-15(2)21(23(6,7)8)13-19(17)18(16)12-20(14)22(3,4)5;1-2-6-10-8-4-3-7-9(10)5-1;7-6-4-2-1-3-5-6;1-2-4-5-3-1;;;;/h9,12-13H,11H2,1-8H3;1-7H;2-5H;1-3H,4H2;1H2;2*1H;/q4*-1;;;;. The predicted molar refractivity (Wildman–Crippen MR) is 217 cm³/mol. The zero-order valence-corrected chi connectivity index (χ0v) is 35.0. The Balaban J connectivity index is 0.000000379. The molecule has 0 amide bonds. The van der Waals surface area contributed by atoms with Crippen LogP contribution in [0.3, 0.4) is 0 Å². The maximum Gasteiger partial charge on any atom is -0.0801 e. The molecule has 5 aromatic rings. The number of allylic oxidation sites excluding steroid dienone is 4. The fraction of sp³-hybridized carbons (Fsp3) is 0.267. The van der Waals surface area contributed by atoms with Gasteiger partial charge in [0.1, 0.15) is 0 Å². The minimum atomic E-state index is 0.